The van der Waals surface area contributed by atoms with E-state index >= 15 is 0 Å². The number of allylic oxidation sites excluding steroid dienone is 5. The molecule has 8 nitrogen and oxygen atoms in total. The molecule has 0 amide bonds. The Balaban J connectivity index is 1.51. The van der Waals surface area contributed by atoms with E-state index in [1.165, 1.54) is 0 Å². The molecule has 5 aromatic heterocycles. The van der Waals surface area contributed by atoms with Crippen LogP contribution in [0, 0.1) is 0 Å². The lowest BCUT2D eigenvalue weighted by Crippen LogP contribution is -2.26. The molecular formula is C46H41N8S+. The lowest BCUT2D eigenvalue weighted by atomic mass is 9.98. The molecule has 6 aromatic rings. The third-order valence-electron chi connectivity index (χ3n) is 10.2. The van der Waals surface area contributed by atoms with Gasteiger partial charge in [-0.25, -0.2) is 4.57 Å². The van der Waals surface area contributed by atoms with Gasteiger partial charge in [0.1, 0.15) is 7.05 Å². The third-order valence-corrected chi connectivity index (χ3v) is 10.3. The van der Waals surface area contributed by atoms with Crippen molar-refractivity contribution in [2.75, 3.05) is 14.1 Å². The number of thiocarbonyl (C=S) groups is 1. The summed E-state index contributed by atoms with van der Waals surface area (Å²) in [5.74, 6) is 0. The first-order valence-corrected chi connectivity index (χ1v) is 18.5. The Morgan fingerprint density at radius 2 is 1.33 bits per heavy atom. The molecule has 270 valence electrons. The first-order valence-electron chi connectivity index (χ1n) is 18.1. The lowest BCUT2D eigenvalue weighted by Gasteiger charge is -2.25. The zero-order chi connectivity index (χ0) is 38.1. The molecule has 8 rings (SSSR count). The molecule has 0 radical (unpaired) electrons. The molecule has 1 unspecified atom stereocenters. The van der Waals surface area contributed by atoms with E-state index in [2.05, 4.69) is 164 Å². The number of nitrogens with one attached hydrogen (secondary N) is 4. The average Bonchev–Trinajstić information content (AvgIpc) is 4.03. The number of aryl methyl sites for hydroxylation is 1. The van der Waals surface area contributed by atoms with Crippen molar-refractivity contribution in [3.05, 3.63) is 201 Å². The van der Waals surface area contributed by atoms with Crippen molar-refractivity contribution < 1.29 is 4.57 Å². The van der Waals surface area contributed by atoms with Crippen LogP contribution in [-0.2, 0) is 7.05 Å². The Bertz CT molecular complexity index is 2880. The van der Waals surface area contributed by atoms with Crippen LogP contribution in [0.2, 0.25) is 0 Å². The zero-order valence-corrected chi connectivity index (χ0v) is 32.0. The highest BCUT2D eigenvalue weighted by Gasteiger charge is 2.20. The summed E-state index contributed by atoms with van der Waals surface area (Å²) < 4.78 is 2.05. The maximum atomic E-state index is 4.89. The number of benzene rings is 1. The summed E-state index contributed by atoms with van der Waals surface area (Å²) in [6, 6.07) is 29.8. The molecule has 0 spiro atoms. The maximum Gasteiger partial charge on any atom is 0.169 e. The number of hydrogen-bond donors (Lipinski definition) is 4. The third kappa shape index (κ3) is 6.79. The van der Waals surface area contributed by atoms with Crippen LogP contribution in [0.5, 0.6) is 0 Å². The van der Waals surface area contributed by atoms with Gasteiger partial charge in [-0.1, -0.05) is 30.9 Å². The molecule has 0 saturated heterocycles. The minimum Gasteiger partial charge on any atom is -0.374 e. The largest absolute Gasteiger partial charge is 0.374 e. The van der Waals surface area contributed by atoms with Crippen molar-refractivity contribution in [3.8, 4) is 0 Å². The topological polar surface area (TPSA) is 95.0 Å². The second-order valence-corrected chi connectivity index (χ2v) is 13.9. The molecule has 2 aliphatic heterocycles. The minimum atomic E-state index is 0.221. The van der Waals surface area contributed by atoms with E-state index in [0.717, 1.165) is 94.4 Å². The van der Waals surface area contributed by atoms with Crippen molar-refractivity contribution in [1.29, 1.82) is 0 Å². The molecule has 1 atom stereocenters. The first kappa shape index (κ1) is 35.2. The number of aromatic nitrogens is 5. The van der Waals surface area contributed by atoms with E-state index in [4.69, 9.17) is 12.2 Å². The van der Waals surface area contributed by atoms with Gasteiger partial charge in [0.2, 0.25) is 0 Å². The van der Waals surface area contributed by atoms with Gasteiger partial charge in [-0.3, -0.25) is 4.99 Å². The van der Waals surface area contributed by atoms with E-state index in [1.807, 2.05) is 35.9 Å². The highest BCUT2D eigenvalue weighted by Crippen LogP contribution is 2.29. The van der Waals surface area contributed by atoms with Gasteiger partial charge in [0.15, 0.2) is 12.4 Å². The van der Waals surface area contributed by atoms with Gasteiger partial charge in [0.05, 0.1) is 10.8 Å². The van der Waals surface area contributed by atoms with Crippen LogP contribution in [0.4, 0.5) is 5.69 Å². The number of nitrogens with zero attached hydrogens (tertiary/aromatic N) is 4. The molecular weight excluding hydrogens is 697 g/mol. The van der Waals surface area contributed by atoms with Crippen LogP contribution in [-0.4, -0.2) is 56.3 Å². The average molecular weight is 738 g/mol. The monoisotopic (exact) mass is 737 g/mol. The summed E-state index contributed by atoms with van der Waals surface area (Å²) in [7, 11) is 5.91. The zero-order valence-electron chi connectivity index (χ0n) is 31.2. The second kappa shape index (κ2) is 14.9. The number of fused-ring (bicyclic) bond motifs is 8. The van der Waals surface area contributed by atoms with E-state index in [-0.39, 0.29) is 6.04 Å². The number of isothiocyanates is 1. The fourth-order valence-electron chi connectivity index (χ4n) is 7.34. The summed E-state index contributed by atoms with van der Waals surface area (Å²) in [6.07, 6.45) is 16.5. The summed E-state index contributed by atoms with van der Waals surface area (Å²) in [5.41, 5.74) is 12.9. The fourth-order valence-corrected chi connectivity index (χ4v) is 7.44. The molecule has 7 heterocycles. The van der Waals surface area contributed by atoms with Crippen LogP contribution in [0.1, 0.15) is 40.8 Å². The number of likely N-dealkylation sites (N-methyl/N-ethyl adjacent to an activating group) is 1. The molecule has 0 fully saturated rings. The predicted molar refractivity (Wildman–Crippen MR) is 226 cm³/mol. The summed E-state index contributed by atoms with van der Waals surface area (Å²) >= 11 is 4.89. The SMILES string of the molecule is C=C/C(=C\C=NC)C1=c2ccc([nH]2)=C(C2=CC(C)N(C)C=C2)c2ccc([nH]2)C(c2cc[n+](C)cc2)=c2ccc([nH]2)=C(c2ccc(N=C=S)cc2)c2ccc1[nH]2. The molecule has 0 aliphatic carbocycles. The van der Waals surface area contributed by atoms with Gasteiger partial charge >= 0.3 is 0 Å². The highest BCUT2D eigenvalue weighted by molar-refractivity contribution is 7.78. The van der Waals surface area contributed by atoms with Crippen LogP contribution in [0.25, 0.3) is 22.3 Å². The number of aliphatic imine (C=N–C) groups is 2. The van der Waals surface area contributed by atoms with E-state index < -0.39 is 0 Å². The fraction of sp³-hybridized carbons (Fsp3) is 0.109. The van der Waals surface area contributed by atoms with Gasteiger partial charge in [0, 0.05) is 105 Å². The number of rotatable bonds is 7. The smallest absolute Gasteiger partial charge is 0.169 e. The van der Waals surface area contributed by atoms with Crippen LogP contribution < -0.4 is 26.0 Å². The van der Waals surface area contributed by atoms with Crippen LogP contribution >= 0.6 is 12.2 Å². The van der Waals surface area contributed by atoms with Gasteiger partial charge in [0.25, 0.3) is 0 Å². The molecule has 1 aromatic carbocycles. The highest BCUT2D eigenvalue weighted by atomic mass is 32.1. The Morgan fingerprint density at radius 3 is 1.95 bits per heavy atom. The van der Waals surface area contributed by atoms with Gasteiger partial charge < -0.3 is 24.8 Å². The molecule has 0 saturated carbocycles. The van der Waals surface area contributed by atoms with Crippen molar-refractivity contribution in [1.82, 2.24) is 24.8 Å². The Labute approximate surface area is 324 Å². The standard InChI is InChI=1S/C46H40N8S/c1-6-30(19-23-47-3)43-35-11-13-37(49-35)44(31-7-9-34(10-8-31)48-28-55)38-14-15-39(51-38)45(32-20-24-53(4)25-21-32)40-16-18-42(52-40)46(41-17-12-36(43)50-41)33-22-26-54(5)29(2)27-33/h6-27,29H,1H2,2-5H3,(H3,47,49,50,51,52)/p+1. The molecule has 9 heteroatoms. The maximum absolute atomic E-state index is 4.89. The first-order chi connectivity index (χ1) is 26.8. The summed E-state index contributed by atoms with van der Waals surface area (Å²) in [6.45, 7) is 6.43. The lowest BCUT2D eigenvalue weighted by molar-refractivity contribution is -0.671. The van der Waals surface area contributed by atoms with Gasteiger partial charge in [-0.2, -0.15) is 4.99 Å². The van der Waals surface area contributed by atoms with Crippen LogP contribution in [0.15, 0.2) is 156 Å². The summed E-state index contributed by atoms with van der Waals surface area (Å²) in [5, 5.41) is 6.35. The van der Waals surface area contributed by atoms with Gasteiger partial charge in [-0.15, -0.1) is 0 Å². The number of hydrogen-bond acceptors (Lipinski definition) is 4. The van der Waals surface area contributed by atoms with E-state index in [1.54, 1.807) is 13.3 Å². The number of H-pyrrole nitrogens is 4. The van der Waals surface area contributed by atoms with Crippen molar-refractivity contribution in [2.45, 2.75) is 13.0 Å². The van der Waals surface area contributed by atoms with Crippen molar-refractivity contribution in [3.63, 3.8) is 0 Å². The van der Waals surface area contributed by atoms with Gasteiger partial charge in [-0.05, 0) is 120 Å². The quantitative estimate of drug-likeness (QED) is 0.0770. The Kier molecular flexibility index (Phi) is 9.55. The number of aromatic amines is 4. The Hall–Kier alpha value is -6.80. The van der Waals surface area contributed by atoms with Crippen molar-refractivity contribution in [2.24, 2.45) is 17.0 Å². The van der Waals surface area contributed by atoms with Crippen molar-refractivity contribution >= 4 is 51.6 Å². The summed E-state index contributed by atoms with van der Waals surface area (Å²) in [4.78, 5) is 26.0. The molecule has 2 aliphatic rings. The van der Waals surface area contributed by atoms with E-state index in [9.17, 15) is 0 Å². The molecule has 55 heavy (non-hydrogen) atoms. The minimum absolute atomic E-state index is 0.221. The number of pyridine rings is 1. The van der Waals surface area contributed by atoms with E-state index in [0.29, 0.717) is 0 Å². The Morgan fingerprint density at radius 1 is 0.764 bits per heavy atom. The predicted octanol–water partition coefficient (Wildman–Crippen LogP) is 5.35. The van der Waals surface area contributed by atoms with Crippen LogP contribution in [0.3, 0.4) is 0 Å². The normalized spacial score (nSPS) is 15.8. The molecule has 4 N–H and O–H groups in total. The second-order valence-electron chi connectivity index (χ2n) is 13.7. The molecule has 8 bridgehead atoms.